The molecule has 4 nitrogen and oxygen atoms in total. The van der Waals surface area contributed by atoms with Crippen molar-refractivity contribution >= 4 is 11.8 Å². The van der Waals surface area contributed by atoms with Gasteiger partial charge in [-0.05, 0) is 46.0 Å². The van der Waals surface area contributed by atoms with Crippen LogP contribution >= 0.6 is 0 Å². The van der Waals surface area contributed by atoms with Crippen LogP contribution in [0.1, 0.15) is 59.8 Å². The average Bonchev–Trinajstić information content (AvgIpc) is 2.52. The van der Waals surface area contributed by atoms with Crippen LogP contribution in [-0.2, 0) is 9.59 Å². The number of piperazine rings is 1. The van der Waals surface area contributed by atoms with E-state index in [9.17, 15) is 9.59 Å². The third-order valence-electron chi connectivity index (χ3n) is 4.62. The largest absolute Gasteiger partial charge is 0.340 e. The van der Waals surface area contributed by atoms with Gasteiger partial charge in [-0.15, -0.1) is 0 Å². The lowest BCUT2D eigenvalue weighted by Crippen LogP contribution is -2.69. The minimum Gasteiger partial charge on any atom is -0.340 e. The average molecular weight is 266 g/mol. The molecular formula is C15H26N2O2. The molecule has 4 heteroatoms. The number of nitrogens with zero attached hydrogens (tertiary/aromatic N) is 1. The molecule has 2 aliphatic rings. The molecular weight excluding hydrogens is 240 g/mol. The molecule has 3 unspecified atom stereocenters. The lowest BCUT2D eigenvalue weighted by molar-refractivity contribution is -0.156. The second kappa shape index (κ2) is 5.14. The number of amides is 2. The van der Waals surface area contributed by atoms with Crippen LogP contribution in [0.2, 0.25) is 0 Å². The third-order valence-corrected chi connectivity index (χ3v) is 4.62. The van der Waals surface area contributed by atoms with Gasteiger partial charge in [-0.3, -0.25) is 9.59 Å². The molecule has 1 saturated heterocycles. The second-order valence-corrected chi connectivity index (χ2v) is 6.77. The van der Waals surface area contributed by atoms with E-state index in [2.05, 4.69) is 12.2 Å². The second-order valence-electron chi connectivity index (χ2n) is 6.77. The predicted octanol–water partition coefficient (Wildman–Crippen LogP) is 2.08. The molecule has 1 aliphatic heterocycles. The van der Waals surface area contributed by atoms with Gasteiger partial charge in [0.05, 0.1) is 0 Å². The zero-order valence-corrected chi connectivity index (χ0v) is 12.5. The fraction of sp³-hybridized carbons (Fsp3) is 0.867. The highest BCUT2D eigenvalue weighted by atomic mass is 16.2. The van der Waals surface area contributed by atoms with Crippen molar-refractivity contribution in [2.75, 3.05) is 0 Å². The zero-order valence-electron chi connectivity index (χ0n) is 12.5. The summed E-state index contributed by atoms with van der Waals surface area (Å²) in [5.74, 6) is 0.781. The van der Waals surface area contributed by atoms with Crippen LogP contribution in [0.15, 0.2) is 0 Å². The highest BCUT2D eigenvalue weighted by molar-refractivity contribution is 5.99. The van der Waals surface area contributed by atoms with Crippen molar-refractivity contribution in [3.63, 3.8) is 0 Å². The number of hydrogen-bond donors (Lipinski definition) is 1. The Bertz CT molecular complexity index is 378. The van der Waals surface area contributed by atoms with Gasteiger partial charge in [0.2, 0.25) is 11.8 Å². The normalized spacial score (nSPS) is 35.8. The first-order valence-corrected chi connectivity index (χ1v) is 7.47. The lowest BCUT2D eigenvalue weighted by Gasteiger charge is -2.45. The summed E-state index contributed by atoms with van der Waals surface area (Å²) in [6.45, 7) is 7.72. The molecule has 0 spiro atoms. The molecule has 3 atom stereocenters. The zero-order chi connectivity index (χ0) is 14.2. The van der Waals surface area contributed by atoms with Crippen LogP contribution in [0.3, 0.4) is 0 Å². The molecule has 2 fully saturated rings. The van der Waals surface area contributed by atoms with E-state index in [0.29, 0.717) is 0 Å². The fourth-order valence-electron chi connectivity index (χ4n) is 3.32. The highest BCUT2D eigenvalue weighted by Crippen LogP contribution is 2.30. The van der Waals surface area contributed by atoms with Gasteiger partial charge < -0.3 is 10.2 Å². The molecule has 0 aromatic carbocycles. The molecule has 0 bridgehead atoms. The SMILES string of the molecule is CC1CCCC(N2C(=O)C(C)(C)NC(=O)C2C)CC1. The summed E-state index contributed by atoms with van der Waals surface area (Å²) in [6, 6.07) is -0.100. The molecule has 19 heavy (non-hydrogen) atoms. The Morgan fingerprint density at radius 3 is 2.47 bits per heavy atom. The first kappa shape index (κ1) is 14.4. The van der Waals surface area contributed by atoms with E-state index < -0.39 is 5.54 Å². The van der Waals surface area contributed by atoms with E-state index in [1.165, 1.54) is 6.42 Å². The minimum atomic E-state index is -0.762. The maximum Gasteiger partial charge on any atom is 0.248 e. The van der Waals surface area contributed by atoms with Crippen molar-refractivity contribution in [1.29, 1.82) is 0 Å². The summed E-state index contributed by atoms with van der Waals surface area (Å²) in [4.78, 5) is 26.5. The predicted molar refractivity (Wildman–Crippen MR) is 74.6 cm³/mol. The smallest absolute Gasteiger partial charge is 0.248 e. The van der Waals surface area contributed by atoms with E-state index in [0.717, 1.165) is 31.6 Å². The standard InChI is InChI=1S/C15H26N2O2/c1-10-6-5-7-12(9-8-10)17-11(2)13(18)16-15(3,4)14(17)19/h10-12H,5-9H2,1-4H3,(H,16,18). The first-order chi connectivity index (χ1) is 8.83. The molecule has 0 aromatic heterocycles. The molecule has 1 aliphatic carbocycles. The van der Waals surface area contributed by atoms with Crippen molar-refractivity contribution in [2.24, 2.45) is 5.92 Å². The van der Waals surface area contributed by atoms with Gasteiger partial charge in [0, 0.05) is 6.04 Å². The number of rotatable bonds is 1. The number of carbonyl (C=O) groups excluding carboxylic acids is 2. The number of carbonyl (C=O) groups is 2. The maximum absolute atomic E-state index is 12.6. The van der Waals surface area contributed by atoms with Crippen LogP contribution in [0, 0.1) is 5.92 Å². The first-order valence-electron chi connectivity index (χ1n) is 7.47. The van der Waals surface area contributed by atoms with E-state index in [-0.39, 0.29) is 23.9 Å². The summed E-state index contributed by atoms with van der Waals surface area (Å²) in [6.07, 6.45) is 5.61. The maximum atomic E-state index is 12.6. The van der Waals surface area contributed by atoms with Gasteiger partial charge >= 0.3 is 0 Å². The number of hydrogen-bond acceptors (Lipinski definition) is 2. The topological polar surface area (TPSA) is 49.4 Å². The van der Waals surface area contributed by atoms with E-state index in [1.807, 2.05) is 11.8 Å². The van der Waals surface area contributed by atoms with Crippen molar-refractivity contribution in [3.8, 4) is 0 Å². The van der Waals surface area contributed by atoms with E-state index in [1.54, 1.807) is 13.8 Å². The van der Waals surface area contributed by atoms with Gasteiger partial charge in [-0.2, -0.15) is 0 Å². The molecule has 2 amide bonds. The lowest BCUT2D eigenvalue weighted by atomic mass is 9.93. The number of nitrogens with one attached hydrogen (secondary N) is 1. The van der Waals surface area contributed by atoms with Crippen molar-refractivity contribution < 1.29 is 9.59 Å². The van der Waals surface area contributed by atoms with Gasteiger partial charge in [0.15, 0.2) is 0 Å². The summed E-state index contributed by atoms with van der Waals surface area (Å²) >= 11 is 0. The Labute approximate surface area is 115 Å². The Morgan fingerprint density at radius 2 is 1.79 bits per heavy atom. The Morgan fingerprint density at radius 1 is 1.11 bits per heavy atom. The highest BCUT2D eigenvalue weighted by Gasteiger charge is 2.45. The van der Waals surface area contributed by atoms with Crippen LogP contribution < -0.4 is 5.32 Å². The Balaban J connectivity index is 2.20. The van der Waals surface area contributed by atoms with Crippen LogP contribution in [-0.4, -0.2) is 34.3 Å². The molecule has 1 N–H and O–H groups in total. The Hall–Kier alpha value is -1.06. The van der Waals surface area contributed by atoms with Crippen molar-refractivity contribution in [3.05, 3.63) is 0 Å². The summed E-state index contributed by atoms with van der Waals surface area (Å²) < 4.78 is 0. The van der Waals surface area contributed by atoms with E-state index >= 15 is 0 Å². The molecule has 108 valence electrons. The summed E-state index contributed by atoms with van der Waals surface area (Å²) in [5, 5.41) is 2.82. The fourth-order valence-corrected chi connectivity index (χ4v) is 3.32. The minimum absolute atomic E-state index is 0.0260. The van der Waals surface area contributed by atoms with Crippen LogP contribution in [0.25, 0.3) is 0 Å². The summed E-state index contributed by atoms with van der Waals surface area (Å²) in [5.41, 5.74) is -0.762. The Kier molecular flexibility index (Phi) is 3.88. The van der Waals surface area contributed by atoms with Crippen LogP contribution in [0.4, 0.5) is 0 Å². The van der Waals surface area contributed by atoms with Gasteiger partial charge in [-0.1, -0.05) is 19.8 Å². The van der Waals surface area contributed by atoms with Gasteiger partial charge in [-0.25, -0.2) is 0 Å². The van der Waals surface area contributed by atoms with Crippen molar-refractivity contribution in [1.82, 2.24) is 10.2 Å². The van der Waals surface area contributed by atoms with E-state index in [4.69, 9.17) is 0 Å². The van der Waals surface area contributed by atoms with Gasteiger partial charge in [0.1, 0.15) is 11.6 Å². The molecule has 2 rings (SSSR count). The molecule has 0 aromatic rings. The quantitative estimate of drug-likeness (QED) is 0.739. The monoisotopic (exact) mass is 266 g/mol. The molecule has 1 heterocycles. The molecule has 1 saturated carbocycles. The van der Waals surface area contributed by atoms with Crippen LogP contribution in [0.5, 0.6) is 0 Å². The van der Waals surface area contributed by atoms with Gasteiger partial charge in [0.25, 0.3) is 0 Å². The van der Waals surface area contributed by atoms with Crippen molar-refractivity contribution in [2.45, 2.75) is 77.4 Å². The summed E-state index contributed by atoms with van der Waals surface area (Å²) in [7, 11) is 0. The molecule has 0 radical (unpaired) electrons. The third kappa shape index (κ3) is 2.77.